The van der Waals surface area contributed by atoms with Gasteiger partial charge in [-0.15, -0.1) is 0 Å². The lowest BCUT2D eigenvalue weighted by molar-refractivity contribution is 0.105. The minimum Gasteiger partial charge on any atom is -0.493 e. The van der Waals surface area contributed by atoms with Crippen molar-refractivity contribution in [1.29, 1.82) is 0 Å². The minimum absolute atomic E-state index is 0.0435. The highest BCUT2D eigenvalue weighted by Gasteiger charge is 2.27. The second-order valence-electron chi connectivity index (χ2n) is 9.05. The Morgan fingerprint density at radius 1 is 0.436 bits per heavy atom. The number of ketones is 1. The first-order chi connectivity index (χ1) is 19.3. The Balaban J connectivity index is 1.98. The SMILES string of the molecule is CCO/C(=C(/C(=C(/C(=O)c1ccccc1)c1ccccc1)c1ccccc1)c1ccccc1)c1ccccc1. The lowest BCUT2D eigenvalue weighted by Gasteiger charge is -2.23. The van der Waals surface area contributed by atoms with Crippen LogP contribution in [0.5, 0.6) is 0 Å². The summed E-state index contributed by atoms with van der Waals surface area (Å²) in [5, 5.41) is 0. The summed E-state index contributed by atoms with van der Waals surface area (Å²) >= 11 is 0. The summed E-state index contributed by atoms with van der Waals surface area (Å²) in [6.07, 6.45) is 0. The fourth-order valence-electron chi connectivity index (χ4n) is 4.77. The molecule has 5 aromatic carbocycles. The molecular formula is C37H30O2. The van der Waals surface area contributed by atoms with Gasteiger partial charge in [0, 0.05) is 27.8 Å². The predicted octanol–water partition coefficient (Wildman–Crippen LogP) is 9.09. The Bertz CT molecular complexity index is 1570. The molecule has 0 saturated heterocycles. The van der Waals surface area contributed by atoms with Crippen LogP contribution < -0.4 is 0 Å². The lowest BCUT2D eigenvalue weighted by atomic mass is 9.82. The summed E-state index contributed by atoms with van der Waals surface area (Å²) in [5.41, 5.74) is 6.67. The molecule has 0 amide bonds. The maximum Gasteiger partial charge on any atom is 0.194 e. The van der Waals surface area contributed by atoms with E-state index in [0.717, 1.165) is 39.2 Å². The lowest BCUT2D eigenvalue weighted by Crippen LogP contribution is -2.09. The van der Waals surface area contributed by atoms with Crippen LogP contribution in [-0.2, 0) is 4.74 Å². The molecule has 5 rings (SSSR count). The molecule has 0 atom stereocenters. The van der Waals surface area contributed by atoms with Crippen molar-refractivity contribution in [3.63, 3.8) is 0 Å². The Morgan fingerprint density at radius 2 is 0.769 bits per heavy atom. The molecule has 0 aliphatic carbocycles. The fraction of sp³-hybridized carbons (Fsp3) is 0.0541. The maximum atomic E-state index is 14.5. The second-order valence-corrected chi connectivity index (χ2v) is 9.05. The third-order valence-corrected chi connectivity index (χ3v) is 6.50. The highest BCUT2D eigenvalue weighted by molar-refractivity contribution is 6.40. The van der Waals surface area contributed by atoms with E-state index in [0.29, 0.717) is 17.7 Å². The molecule has 0 radical (unpaired) electrons. The van der Waals surface area contributed by atoms with Gasteiger partial charge < -0.3 is 4.74 Å². The number of rotatable bonds is 9. The molecule has 190 valence electrons. The normalized spacial score (nSPS) is 12.2. The summed E-state index contributed by atoms with van der Waals surface area (Å²) in [5.74, 6) is 0.690. The van der Waals surface area contributed by atoms with Gasteiger partial charge in [0.05, 0.1) is 6.61 Å². The number of hydrogen-bond acceptors (Lipinski definition) is 2. The summed E-state index contributed by atoms with van der Waals surface area (Å²) < 4.78 is 6.45. The van der Waals surface area contributed by atoms with Gasteiger partial charge in [-0.2, -0.15) is 0 Å². The first-order valence-electron chi connectivity index (χ1n) is 13.2. The van der Waals surface area contributed by atoms with Crippen molar-refractivity contribution in [2.45, 2.75) is 6.92 Å². The average molecular weight is 507 g/mol. The maximum absolute atomic E-state index is 14.5. The van der Waals surface area contributed by atoms with Crippen molar-refractivity contribution in [3.05, 3.63) is 179 Å². The van der Waals surface area contributed by atoms with E-state index in [1.165, 1.54) is 0 Å². The molecule has 0 unspecified atom stereocenters. The van der Waals surface area contributed by atoms with Crippen LogP contribution >= 0.6 is 0 Å². The highest BCUT2D eigenvalue weighted by atomic mass is 16.5. The van der Waals surface area contributed by atoms with Crippen LogP contribution in [0.15, 0.2) is 152 Å². The molecule has 2 heteroatoms. The van der Waals surface area contributed by atoms with E-state index in [9.17, 15) is 4.79 Å². The molecule has 0 spiro atoms. The van der Waals surface area contributed by atoms with Gasteiger partial charge in [-0.1, -0.05) is 152 Å². The van der Waals surface area contributed by atoms with Crippen molar-refractivity contribution in [3.8, 4) is 0 Å². The topological polar surface area (TPSA) is 26.3 Å². The van der Waals surface area contributed by atoms with E-state index in [1.54, 1.807) is 0 Å². The van der Waals surface area contributed by atoms with Gasteiger partial charge in [0.1, 0.15) is 5.76 Å². The number of benzene rings is 5. The van der Waals surface area contributed by atoms with Crippen LogP contribution in [-0.4, -0.2) is 12.4 Å². The van der Waals surface area contributed by atoms with E-state index >= 15 is 0 Å². The number of allylic oxidation sites excluding steroid dienone is 3. The zero-order valence-corrected chi connectivity index (χ0v) is 22.0. The molecule has 0 bridgehead atoms. The van der Waals surface area contributed by atoms with E-state index in [4.69, 9.17) is 4.74 Å². The Labute approximate surface area is 230 Å². The third kappa shape index (κ3) is 5.81. The van der Waals surface area contributed by atoms with E-state index < -0.39 is 0 Å². The minimum atomic E-state index is -0.0435. The highest BCUT2D eigenvalue weighted by Crippen LogP contribution is 2.43. The number of hydrogen-bond donors (Lipinski definition) is 0. The van der Waals surface area contributed by atoms with Crippen molar-refractivity contribution in [1.82, 2.24) is 0 Å². The quantitative estimate of drug-likeness (QED) is 0.0655. The molecule has 0 aliphatic rings. The standard InChI is InChI=1S/C37H30O2/c1-2-39-37(32-26-16-7-17-27-32)35(30-22-12-5-13-23-30)33(28-18-8-3-9-19-28)34(29-20-10-4-11-21-29)36(38)31-24-14-6-15-25-31/h3-27H,2H2,1H3/b34-33+,37-35+. The van der Waals surface area contributed by atoms with Crippen LogP contribution in [0.3, 0.4) is 0 Å². The Hall–Kier alpha value is -4.95. The summed E-state index contributed by atoms with van der Waals surface area (Å²) in [6, 6.07) is 49.9. The van der Waals surface area contributed by atoms with E-state index in [-0.39, 0.29) is 5.78 Å². The van der Waals surface area contributed by atoms with Gasteiger partial charge in [0.25, 0.3) is 0 Å². The van der Waals surface area contributed by atoms with Gasteiger partial charge in [-0.05, 0) is 23.6 Å². The summed E-state index contributed by atoms with van der Waals surface area (Å²) in [7, 11) is 0. The van der Waals surface area contributed by atoms with Crippen LogP contribution in [0.1, 0.15) is 39.5 Å². The molecule has 0 aliphatic heterocycles. The zero-order chi connectivity index (χ0) is 26.9. The zero-order valence-electron chi connectivity index (χ0n) is 22.0. The van der Waals surface area contributed by atoms with Crippen LogP contribution in [0, 0.1) is 0 Å². The molecule has 0 N–H and O–H groups in total. The van der Waals surface area contributed by atoms with Crippen molar-refractivity contribution in [2.75, 3.05) is 6.61 Å². The molecule has 0 aromatic heterocycles. The van der Waals surface area contributed by atoms with Gasteiger partial charge in [-0.3, -0.25) is 4.79 Å². The Kier molecular flexibility index (Phi) is 8.25. The fourth-order valence-corrected chi connectivity index (χ4v) is 4.77. The van der Waals surface area contributed by atoms with Crippen LogP contribution in [0.4, 0.5) is 0 Å². The van der Waals surface area contributed by atoms with Gasteiger partial charge in [0.2, 0.25) is 0 Å². The number of carbonyl (C=O) groups excluding carboxylic acids is 1. The summed E-state index contributed by atoms with van der Waals surface area (Å²) in [6.45, 7) is 2.47. The monoisotopic (exact) mass is 506 g/mol. The molecule has 2 nitrogen and oxygen atoms in total. The predicted molar refractivity (Wildman–Crippen MR) is 162 cm³/mol. The number of carbonyl (C=O) groups is 1. The number of ether oxygens (including phenoxy) is 1. The van der Waals surface area contributed by atoms with E-state index in [2.05, 4.69) is 36.4 Å². The second kappa shape index (κ2) is 12.5. The average Bonchev–Trinajstić information content (AvgIpc) is 3.02. The molecule has 0 saturated carbocycles. The third-order valence-electron chi connectivity index (χ3n) is 6.50. The Morgan fingerprint density at radius 3 is 1.18 bits per heavy atom. The molecule has 0 fully saturated rings. The molecule has 5 aromatic rings. The first-order valence-corrected chi connectivity index (χ1v) is 13.2. The van der Waals surface area contributed by atoms with Gasteiger partial charge >= 0.3 is 0 Å². The van der Waals surface area contributed by atoms with Crippen LogP contribution in [0.25, 0.3) is 22.5 Å². The van der Waals surface area contributed by atoms with E-state index in [1.807, 2.05) is 122 Å². The molecule has 0 heterocycles. The van der Waals surface area contributed by atoms with Gasteiger partial charge in [0.15, 0.2) is 5.78 Å². The van der Waals surface area contributed by atoms with Gasteiger partial charge in [-0.25, -0.2) is 0 Å². The smallest absolute Gasteiger partial charge is 0.194 e. The van der Waals surface area contributed by atoms with Crippen LogP contribution in [0.2, 0.25) is 0 Å². The van der Waals surface area contributed by atoms with Crippen molar-refractivity contribution >= 4 is 28.3 Å². The van der Waals surface area contributed by atoms with Crippen molar-refractivity contribution < 1.29 is 9.53 Å². The molecular weight excluding hydrogens is 476 g/mol. The summed E-state index contributed by atoms with van der Waals surface area (Å²) in [4.78, 5) is 14.5. The molecule has 39 heavy (non-hydrogen) atoms. The van der Waals surface area contributed by atoms with Crippen molar-refractivity contribution in [2.24, 2.45) is 0 Å². The largest absolute Gasteiger partial charge is 0.493 e. The first kappa shape index (κ1) is 25.7. The number of Topliss-reactive ketones (excluding diaryl/α,β-unsaturated/α-hetero) is 1.